The van der Waals surface area contributed by atoms with Crippen molar-refractivity contribution < 1.29 is 0 Å². The van der Waals surface area contributed by atoms with E-state index in [1.807, 2.05) is 24.3 Å². The highest BCUT2D eigenvalue weighted by atomic mass is 35.5. The van der Waals surface area contributed by atoms with Crippen molar-refractivity contribution in [2.24, 2.45) is 0 Å². The van der Waals surface area contributed by atoms with Gasteiger partial charge in [0.15, 0.2) is 5.69 Å². The topological polar surface area (TPSA) is 54.5 Å². The van der Waals surface area contributed by atoms with Crippen LogP contribution in [-0.2, 0) is 0 Å². The standard InChI is InChI=1S/C15H15ClN4/c16-12-6-8-13(9-7-12)20-15(14(10-17)18-19-20)11-4-2-1-3-5-11/h6-9,11H,1-5H2. The fourth-order valence-corrected chi connectivity index (χ4v) is 3.01. The van der Waals surface area contributed by atoms with Gasteiger partial charge in [0, 0.05) is 10.9 Å². The largest absolute Gasteiger partial charge is 0.216 e. The van der Waals surface area contributed by atoms with Gasteiger partial charge in [-0.3, -0.25) is 0 Å². The van der Waals surface area contributed by atoms with Gasteiger partial charge in [-0.2, -0.15) is 5.26 Å². The summed E-state index contributed by atoms with van der Waals surface area (Å²) >= 11 is 5.92. The highest BCUT2D eigenvalue weighted by Crippen LogP contribution is 2.34. The summed E-state index contributed by atoms with van der Waals surface area (Å²) in [6.45, 7) is 0. The molecule has 1 heterocycles. The number of hydrogen-bond acceptors (Lipinski definition) is 3. The van der Waals surface area contributed by atoms with Crippen LogP contribution in [0.5, 0.6) is 0 Å². The maximum Gasteiger partial charge on any atom is 0.186 e. The van der Waals surface area contributed by atoms with Crippen molar-refractivity contribution in [2.75, 3.05) is 0 Å². The summed E-state index contributed by atoms with van der Waals surface area (Å²) in [5.41, 5.74) is 2.31. The minimum absolute atomic E-state index is 0.379. The Hall–Kier alpha value is -1.86. The van der Waals surface area contributed by atoms with Crippen LogP contribution in [0.2, 0.25) is 5.02 Å². The van der Waals surface area contributed by atoms with Crippen LogP contribution in [0.25, 0.3) is 5.69 Å². The molecule has 0 spiro atoms. The summed E-state index contributed by atoms with van der Waals surface area (Å²) in [4.78, 5) is 0. The van der Waals surface area contributed by atoms with E-state index >= 15 is 0 Å². The molecule has 0 unspecified atom stereocenters. The maximum atomic E-state index is 9.27. The zero-order valence-corrected chi connectivity index (χ0v) is 11.8. The van der Waals surface area contributed by atoms with Gasteiger partial charge in [-0.05, 0) is 37.1 Å². The Morgan fingerprint density at radius 3 is 2.50 bits per heavy atom. The van der Waals surface area contributed by atoms with Crippen LogP contribution in [0.1, 0.15) is 49.4 Å². The lowest BCUT2D eigenvalue weighted by molar-refractivity contribution is 0.429. The Kier molecular flexibility index (Phi) is 3.70. The van der Waals surface area contributed by atoms with E-state index in [2.05, 4.69) is 16.4 Å². The molecule has 0 aliphatic heterocycles. The third kappa shape index (κ3) is 2.41. The minimum atomic E-state index is 0.379. The van der Waals surface area contributed by atoms with Crippen molar-refractivity contribution in [3.63, 3.8) is 0 Å². The highest BCUT2D eigenvalue weighted by molar-refractivity contribution is 6.30. The monoisotopic (exact) mass is 286 g/mol. The molecule has 1 aromatic carbocycles. The molecule has 102 valence electrons. The van der Waals surface area contributed by atoms with Gasteiger partial charge in [-0.15, -0.1) is 5.10 Å². The van der Waals surface area contributed by atoms with Gasteiger partial charge in [0.25, 0.3) is 0 Å². The fraction of sp³-hybridized carbons (Fsp3) is 0.400. The normalized spacial score (nSPS) is 16.0. The average molecular weight is 287 g/mol. The van der Waals surface area contributed by atoms with E-state index < -0.39 is 0 Å². The molecule has 1 aliphatic carbocycles. The molecule has 0 N–H and O–H groups in total. The summed E-state index contributed by atoms with van der Waals surface area (Å²) in [6.07, 6.45) is 5.91. The SMILES string of the molecule is N#Cc1nnn(-c2ccc(Cl)cc2)c1C1CCCCC1. The van der Waals surface area contributed by atoms with Crippen molar-refractivity contribution in [1.29, 1.82) is 5.26 Å². The lowest BCUT2D eigenvalue weighted by atomic mass is 9.86. The molecule has 2 aromatic rings. The summed E-state index contributed by atoms with van der Waals surface area (Å²) in [6, 6.07) is 9.65. The first-order valence-corrected chi connectivity index (χ1v) is 7.29. The number of benzene rings is 1. The summed E-state index contributed by atoms with van der Waals surface area (Å²) in [5.74, 6) is 0.379. The number of hydrogen-bond donors (Lipinski definition) is 0. The zero-order chi connectivity index (χ0) is 13.9. The van der Waals surface area contributed by atoms with Gasteiger partial charge in [0.2, 0.25) is 0 Å². The van der Waals surface area contributed by atoms with E-state index in [1.165, 1.54) is 19.3 Å². The minimum Gasteiger partial charge on any atom is -0.216 e. The second-order valence-electron chi connectivity index (χ2n) is 5.16. The predicted molar refractivity (Wildman–Crippen MR) is 76.9 cm³/mol. The van der Waals surface area contributed by atoms with Gasteiger partial charge < -0.3 is 0 Å². The first-order valence-electron chi connectivity index (χ1n) is 6.91. The van der Waals surface area contributed by atoms with E-state index in [0.717, 1.165) is 24.2 Å². The first-order chi connectivity index (χ1) is 9.79. The fourth-order valence-electron chi connectivity index (χ4n) is 2.88. The second-order valence-corrected chi connectivity index (χ2v) is 5.59. The van der Waals surface area contributed by atoms with Crippen molar-refractivity contribution >= 4 is 11.6 Å². The molecule has 20 heavy (non-hydrogen) atoms. The Balaban J connectivity index is 2.05. The molecule has 0 amide bonds. The number of halogens is 1. The predicted octanol–water partition coefficient (Wildman–Crippen LogP) is 3.84. The van der Waals surface area contributed by atoms with Gasteiger partial charge >= 0.3 is 0 Å². The van der Waals surface area contributed by atoms with Crippen LogP contribution >= 0.6 is 11.6 Å². The lowest BCUT2D eigenvalue weighted by Gasteiger charge is -2.22. The summed E-state index contributed by atoms with van der Waals surface area (Å²) in [7, 11) is 0. The van der Waals surface area contributed by atoms with Gasteiger partial charge in [0.05, 0.1) is 11.4 Å². The van der Waals surface area contributed by atoms with Crippen LogP contribution < -0.4 is 0 Å². The number of aromatic nitrogens is 3. The molecule has 0 saturated heterocycles. The second kappa shape index (κ2) is 5.64. The van der Waals surface area contributed by atoms with Crippen molar-refractivity contribution in [2.45, 2.75) is 38.0 Å². The third-order valence-electron chi connectivity index (χ3n) is 3.87. The number of rotatable bonds is 2. The van der Waals surface area contributed by atoms with E-state index in [1.54, 1.807) is 4.68 Å². The van der Waals surface area contributed by atoms with Crippen LogP contribution in [0.4, 0.5) is 0 Å². The van der Waals surface area contributed by atoms with E-state index in [9.17, 15) is 5.26 Å². The van der Waals surface area contributed by atoms with Gasteiger partial charge in [-0.25, -0.2) is 4.68 Å². The smallest absolute Gasteiger partial charge is 0.186 e. The van der Waals surface area contributed by atoms with Gasteiger partial charge in [0.1, 0.15) is 6.07 Å². The molecule has 1 aromatic heterocycles. The number of nitrogens with zero attached hydrogens (tertiary/aromatic N) is 4. The van der Waals surface area contributed by atoms with E-state index in [0.29, 0.717) is 16.6 Å². The van der Waals surface area contributed by atoms with Crippen LogP contribution in [0, 0.1) is 11.3 Å². The first kappa shape index (κ1) is 13.1. The summed E-state index contributed by atoms with van der Waals surface area (Å²) < 4.78 is 1.80. The van der Waals surface area contributed by atoms with Crippen molar-refractivity contribution in [3.05, 3.63) is 40.7 Å². The molecule has 1 saturated carbocycles. The van der Waals surface area contributed by atoms with Crippen LogP contribution in [0.3, 0.4) is 0 Å². The van der Waals surface area contributed by atoms with Crippen molar-refractivity contribution in [1.82, 2.24) is 15.0 Å². The molecule has 3 rings (SSSR count). The highest BCUT2D eigenvalue weighted by Gasteiger charge is 2.25. The Morgan fingerprint density at radius 2 is 1.85 bits per heavy atom. The average Bonchev–Trinajstić information content (AvgIpc) is 2.93. The third-order valence-corrected chi connectivity index (χ3v) is 4.13. The quantitative estimate of drug-likeness (QED) is 0.843. The zero-order valence-electron chi connectivity index (χ0n) is 11.1. The van der Waals surface area contributed by atoms with E-state index in [-0.39, 0.29) is 0 Å². The molecular formula is C15H15ClN4. The molecule has 0 atom stereocenters. The van der Waals surface area contributed by atoms with Gasteiger partial charge in [-0.1, -0.05) is 36.1 Å². The molecule has 4 nitrogen and oxygen atoms in total. The lowest BCUT2D eigenvalue weighted by Crippen LogP contribution is -2.12. The molecule has 0 bridgehead atoms. The Morgan fingerprint density at radius 1 is 1.15 bits per heavy atom. The molecule has 1 aliphatic rings. The van der Waals surface area contributed by atoms with Crippen molar-refractivity contribution in [3.8, 4) is 11.8 Å². The molecule has 0 radical (unpaired) electrons. The Labute approximate surface area is 123 Å². The molecular weight excluding hydrogens is 272 g/mol. The molecule has 5 heteroatoms. The Bertz CT molecular complexity index is 633. The van der Waals surface area contributed by atoms with Crippen LogP contribution in [0.15, 0.2) is 24.3 Å². The number of nitriles is 1. The maximum absolute atomic E-state index is 9.27. The van der Waals surface area contributed by atoms with Crippen LogP contribution in [-0.4, -0.2) is 15.0 Å². The summed E-state index contributed by atoms with van der Waals surface area (Å²) in [5, 5.41) is 18.1. The van der Waals surface area contributed by atoms with E-state index in [4.69, 9.17) is 11.6 Å². The molecule has 1 fully saturated rings.